The van der Waals surface area contributed by atoms with Gasteiger partial charge in [0.05, 0.1) is 12.8 Å². The molecule has 0 aliphatic carbocycles. The molecule has 1 aromatic carbocycles. The fourth-order valence-electron chi connectivity index (χ4n) is 2.80. The molecule has 1 aliphatic rings. The molecule has 1 heterocycles. The van der Waals surface area contributed by atoms with Crippen LogP contribution in [0.3, 0.4) is 0 Å². The molecule has 2 atom stereocenters. The topological polar surface area (TPSA) is 38.5 Å². The minimum absolute atomic E-state index is 0.605. The van der Waals surface area contributed by atoms with E-state index in [0.717, 1.165) is 5.75 Å². The first-order valence-electron chi connectivity index (χ1n) is 6.39. The lowest BCUT2D eigenvalue weighted by molar-refractivity contribution is 0.417. The van der Waals surface area contributed by atoms with Gasteiger partial charge in [-0.3, -0.25) is 0 Å². The van der Waals surface area contributed by atoms with Gasteiger partial charge in [0.1, 0.15) is 5.75 Å². The Labute approximate surface area is 104 Å². The van der Waals surface area contributed by atoms with Crippen LogP contribution in [0.15, 0.2) is 18.2 Å². The van der Waals surface area contributed by atoms with Crippen LogP contribution in [-0.4, -0.2) is 19.2 Å². The van der Waals surface area contributed by atoms with Crippen molar-refractivity contribution < 1.29 is 4.74 Å². The lowest BCUT2D eigenvalue weighted by atomic mass is 10.1. The van der Waals surface area contributed by atoms with Gasteiger partial charge < -0.3 is 15.4 Å². The Hall–Kier alpha value is -1.38. The van der Waals surface area contributed by atoms with Gasteiger partial charge in [0.2, 0.25) is 0 Å². The van der Waals surface area contributed by atoms with Crippen LogP contribution in [0.4, 0.5) is 11.4 Å². The highest BCUT2D eigenvalue weighted by molar-refractivity contribution is 5.63. The molecule has 0 aromatic heterocycles. The van der Waals surface area contributed by atoms with E-state index in [9.17, 15) is 0 Å². The molecule has 0 saturated carbocycles. The SMILES string of the molecule is CCC1CCC(C)N1c1ccc(N)c(OC)c1. The number of nitrogens with two attached hydrogens (primary N) is 1. The second kappa shape index (κ2) is 4.86. The van der Waals surface area contributed by atoms with Crippen molar-refractivity contribution in [2.24, 2.45) is 0 Å². The summed E-state index contributed by atoms with van der Waals surface area (Å²) in [5.41, 5.74) is 7.79. The Balaban J connectivity index is 2.32. The minimum atomic E-state index is 0.605. The number of anilines is 2. The Morgan fingerprint density at radius 1 is 1.41 bits per heavy atom. The predicted molar refractivity (Wildman–Crippen MR) is 72.7 cm³/mol. The first-order valence-corrected chi connectivity index (χ1v) is 6.39. The Morgan fingerprint density at radius 2 is 2.18 bits per heavy atom. The van der Waals surface area contributed by atoms with Crippen molar-refractivity contribution in [1.82, 2.24) is 0 Å². The van der Waals surface area contributed by atoms with E-state index in [-0.39, 0.29) is 0 Å². The van der Waals surface area contributed by atoms with Crippen molar-refractivity contribution >= 4 is 11.4 Å². The molecule has 0 radical (unpaired) electrons. The highest BCUT2D eigenvalue weighted by atomic mass is 16.5. The fourth-order valence-corrected chi connectivity index (χ4v) is 2.80. The van der Waals surface area contributed by atoms with Crippen LogP contribution in [0.5, 0.6) is 5.75 Å². The van der Waals surface area contributed by atoms with Crippen LogP contribution < -0.4 is 15.4 Å². The molecule has 0 amide bonds. The van der Waals surface area contributed by atoms with Crippen LogP contribution in [0, 0.1) is 0 Å². The fraction of sp³-hybridized carbons (Fsp3) is 0.571. The van der Waals surface area contributed by atoms with Crippen molar-refractivity contribution in [3.63, 3.8) is 0 Å². The zero-order valence-corrected chi connectivity index (χ0v) is 10.9. The summed E-state index contributed by atoms with van der Waals surface area (Å²) in [6, 6.07) is 7.35. The van der Waals surface area contributed by atoms with Crippen molar-refractivity contribution in [1.29, 1.82) is 0 Å². The van der Waals surface area contributed by atoms with Gasteiger partial charge in [-0.2, -0.15) is 0 Å². The maximum atomic E-state index is 5.86. The molecule has 1 aromatic rings. The normalized spacial score (nSPS) is 24.1. The third-order valence-corrected chi connectivity index (χ3v) is 3.77. The van der Waals surface area contributed by atoms with Gasteiger partial charge in [0.25, 0.3) is 0 Å². The summed E-state index contributed by atoms with van der Waals surface area (Å²) in [5, 5.41) is 0. The van der Waals surface area contributed by atoms with Crippen molar-refractivity contribution in [3.8, 4) is 5.75 Å². The van der Waals surface area contributed by atoms with Crippen molar-refractivity contribution in [3.05, 3.63) is 18.2 Å². The largest absolute Gasteiger partial charge is 0.495 e. The zero-order chi connectivity index (χ0) is 12.4. The van der Waals surface area contributed by atoms with E-state index >= 15 is 0 Å². The molecule has 1 fully saturated rings. The summed E-state index contributed by atoms with van der Waals surface area (Å²) in [7, 11) is 1.67. The number of hydrogen-bond donors (Lipinski definition) is 1. The van der Waals surface area contributed by atoms with Gasteiger partial charge in [-0.05, 0) is 38.3 Å². The standard InChI is InChI=1S/C14H22N2O/c1-4-11-6-5-10(2)16(11)12-7-8-13(15)14(9-12)17-3/h7-11H,4-6,15H2,1-3H3. The number of hydrogen-bond acceptors (Lipinski definition) is 3. The maximum absolute atomic E-state index is 5.86. The molecular weight excluding hydrogens is 212 g/mol. The second-order valence-electron chi connectivity index (χ2n) is 4.82. The van der Waals surface area contributed by atoms with Crippen LogP contribution in [0.2, 0.25) is 0 Å². The second-order valence-corrected chi connectivity index (χ2v) is 4.82. The van der Waals surface area contributed by atoms with E-state index in [2.05, 4.69) is 30.9 Å². The minimum Gasteiger partial charge on any atom is -0.495 e. The van der Waals surface area contributed by atoms with E-state index in [0.29, 0.717) is 17.8 Å². The summed E-state index contributed by atoms with van der Waals surface area (Å²) in [6.07, 6.45) is 3.74. The van der Waals surface area contributed by atoms with E-state index in [1.165, 1.54) is 24.9 Å². The van der Waals surface area contributed by atoms with Gasteiger partial charge in [-0.1, -0.05) is 6.92 Å². The summed E-state index contributed by atoms with van der Waals surface area (Å²) >= 11 is 0. The molecule has 2 unspecified atom stereocenters. The number of benzene rings is 1. The lowest BCUT2D eigenvalue weighted by Gasteiger charge is -2.30. The van der Waals surface area contributed by atoms with Crippen molar-refractivity contribution in [2.75, 3.05) is 17.7 Å². The van der Waals surface area contributed by atoms with E-state index in [4.69, 9.17) is 10.5 Å². The third-order valence-electron chi connectivity index (χ3n) is 3.77. The van der Waals surface area contributed by atoms with Gasteiger partial charge in [-0.15, -0.1) is 0 Å². The molecular formula is C14H22N2O. The number of nitrogen functional groups attached to an aromatic ring is 1. The first kappa shape index (κ1) is 12.1. The Bertz CT molecular complexity index is 392. The quantitative estimate of drug-likeness (QED) is 0.817. The van der Waals surface area contributed by atoms with E-state index in [1.54, 1.807) is 7.11 Å². The molecule has 0 bridgehead atoms. The highest BCUT2D eigenvalue weighted by Gasteiger charge is 2.29. The van der Waals surface area contributed by atoms with Crippen LogP contribution in [-0.2, 0) is 0 Å². The molecule has 3 heteroatoms. The van der Waals surface area contributed by atoms with E-state index in [1.807, 2.05) is 6.07 Å². The molecule has 1 aliphatic heterocycles. The molecule has 2 N–H and O–H groups in total. The predicted octanol–water partition coefficient (Wildman–Crippen LogP) is 3.04. The maximum Gasteiger partial charge on any atom is 0.143 e. The zero-order valence-electron chi connectivity index (χ0n) is 10.9. The average molecular weight is 234 g/mol. The van der Waals surface area contributed by atoms with Gasteiger partial charge in [-0.25, -0.2) is 0 Å². The van der Waals surface area contributed by atoms with Crippen molar-refractivity contribution in [2.45, 2.75) is 45.2 Å². The first-order chi connectivity index (χ1) is 8.17. The summed E-state index contributed by atoms with van der Waals surface area (Å²) in [5.74, 6) is 0.774. The third kappa shape index (κ3) is 2.19. The monoisotopic (exact) mass is 234 g/mol. The number of ether oxygens (including phenoxy) is 1. The Kier molecular flexibility index (Phi) is 3.46. The van der Waals surface area contributed by atoms with Crippen LogP contribution in [0.25, 0.3) is 0 Å². The Morgan fingerprint density at radius 3 is 2.82 bits per heavy atom. The number of rotatable bonds is 3. The smallest absolute Gasteiger partial charge is 0.143 e. The van der Waals surface area contributed by atoms with Crippen LogP contribution >= 0.6 is 0 Å². The van der Waals surface area contributed by atoms with Crippen LogP contribution in [0.1, 0.15) is 33.1 Å². The lowest BCUT2D eigenvalue weighted by Crippen LogP contribution is -2.34. The summed E-state index contributed by atoms with van der Waals surface area (Å²) < 4.78 is 5.30. The average Bonchev–Trinajstić information content (AvgIpc) is 2.71. The molecule has 0 spiro atoms. The van der Waals surface area contributed by atoms with Gasteiger partial charge in [0.15, 0.2) is 0 Å². The molecule has 94 valence electrons. The summed E-state index contributed by atoms with van der Waals surface area (Å²) in [6.45, 7) is 4.54. The van der Waals surface area contributed by atoms with Gasteiger partial charge >= 0.3 is 0 Å². The molecule has 17 heavy (non-hydrogen) atoms. The van der Waals surface area contributed by atoms with E-state index < -0.39 is 0 Å². The summed E-state index contributed by atoms with van der Waals surface area (Å²) in [4.78, 5) is 2.50. The molecule has 3 nitrogen and oxygen atoms in total. The number of nitrogens with zero attached hydrogens (tertiary/aromatic N) is 1. The molecule has 2 rings (SSSR count). The van der Waals surface area contributed by atoms with Gasteiger partial charge in [0, 0.05) is 23.8 Å². The molecule has 1 saturated heterocycles. The highest BCUT2D eigenvalue weighted by Crippen LogP contribution is 2.35. The number of methoxy groups -OCH3 is 1.